The number of carbonyl (C=O) groups is 1. The summed E-state index contributed by atoms with van der Waals surface area (Å²) in [5.74, 6) is 0.489. The molecular formula is C17H16N6OS. The zero-order valence-electron chi connectivity index (χ0n) is 13.7. The van der Waals surface area contributed by atoms with Crippen molar-refractivity contribution in [3.8, 4) is 10.6 Å². The predicted molar refractivity (Wildman–Crippen MR) is 95.4 cm³/mol. The molecule has 4 aromatic rings. The molecule has 1 N–H and O–H groups in total. The third-order valence-electron chi connectivity index (χ3n) is 3.96. The monoisotopic (exact) mass is 352 g/mol. The van der Waals surface area contributed by atoms with Crippen molar-refractivity contribution in [3.05, 3.63) is 59.5 Å². The van der Waals surface area contributed by atoms with Gasteiger partial charge in [0.2, 0.25) is 0 Å². The Morgan fingerprint density at radius 3 is 2.92 bits per heavy atom. The van der Waals surface area contributed by atoms with Crippen LogP contribution in [0.4, 0.5) is 0 Å². The standard InChI is InChI=1S/C17H16N6OS/c1-11(16-20-19-15-7-3-4-8-23(15)16)18-17(24)13-10-12(21-22(13)2)14-6-5-9-25-14/h3-11H,1-2H3,(H,18,24)/t11-/m0/s1. The molecule has 126 valence electrons. The molecule has 4 rings (SSSR count). The molecule has 0 aliphatic carbocycles. The van der Waals surface area contributed by atoms with Crippen molar-refractivity contribution in [2.24, 2.45) is 7.05 Å². The van der Waals surface area contributed by atoms with Crippen LogP contribution in [-0.4, -0.2) is 30.3 Å². The van der Waals surface area contributed by atoms with E-state index < -0.39 is 0 Å². The van der Waals surface area contributed by atoms with E-state index in [9.17, 15) is 4.79 Å². The number of hydrogen-bond donors (Lipinski definition) is 1. The highest BCUT2D eigenvalue weighted by Gasteiger charge is 2.20. The van der Waals surface area contributed by atoms with E-state index in [4.69, 9.17) is 0 Å². The summed E-state index contributed by atoms with van der Waals surface area (Å²) in [7, 11) is 1.77. The van der Waals surface area contributed by atoms with Gasteiger partial charge in [-0.2, -0.15) is 5.10 Å². The molecule has 1 amide bonds. The van der Waals surface area contributed by atoms with Crippen LogP contribution in [0.5, 0.6) is 0 Å². The van der Waals surface area contributed by atoms with Gasteiger partial charge in [0.1, 0.15) is 11.4 Å². The van der Waals surface area contributed by atoms with Gasteiger partial charge in [-0.1, -0.05) is 12.1 Å². The lowest BCUT2D eigenvalue weighted by Gasteiger charge is -2.12. The average Bonchev–Trinajstić information content (AvgIpc) is 3.33. The maximum atomic E-state index is 12.7. The van der Waals surface area contributed by atoms with Crippen LogP contribution in [0.15, 0.2) is 48.0 Å². The number of carbonyl (C=O) groups excluding carboxylic acids is 1. The lowest BCUT2D eigenvalue weighted by molar-refractivity contribution is 0.0928. The molecule has 0 bridgehead atoms. The third kappa shape index (κ3) is 2.80. The number of nitrogens with one attached hydrogen (secondary N) is 1. The molecule has 25 heavy (non-hydrogen) atoms. The molecule has 0 saturated carbocycles. The van der Waals surface area contributed by atoms with Gasteiger partial charge in [-0.15, -0.1) is 21.5 Å². The Morgan fingerprint density at radius 2 is 2.12 bits per heavy atom. The molecular weight excluding hydrogens is 336 g/mol. The smallest absolute Gasteiger partial charge is 0.270 e. The predicted octanol–water partition coefficient (Wildman–Crippen LogP) is 2.68. The molecule has 0 aliphatic heterocycles. The normalized spacial score (nSPS) is 12.4. The summed E-state index contributed by atoms with van der Waals surface area (Å²) >= 11 is 1.59. The summed E-state index contributed by atoms with van der Waals surface area (Å²) in [5, 5.41) is 17.7. The number of fused-ring (bicyclic) bond motifs is 1. The first-order valence-corrected chi connectivity index (χ1v) is 8.70. The molecule has 0 fully saturated rings. The number of nitrogens with zero attached hydrogens (tertiary/aromatic N) is 5. The van der Waals surface area contributed by atoms with Gasteiger partial charge in [0.15, 0.2) is 11.5 Å². The molecule has 1 atom stereocenters. The molecule has 0 unspecified atom stereocenters. The Balaban J connectivity index is 1.58. The second-order valence-electron chi connectivity index (χ2n) is 5.70. The van der Waals surface area contributed by atoms with Crippen molar-refractivity contribution >= 4 is 22.9 Å². The second kappa shape index (κ2) is 6.14. The summed E-state index contributed by atoms with van der Waals surface area (Å²) in [6, 6.07) is 11.1. The van der Waals surface area contributed by atoms with Gasteiger partial charge in [0, 0.05) is 13.2 Å². The van der Waals surface area contributed by atoms with E-state index in [0.717, 1.165) is 16.2 Å². The van der Waals surface area contributed by atoms with Gasteiger partial charge >= 0.3 is 0 Å². The van der Waals surface area contributed by atoms with Crippen LogP contribution in [0, 0.1) is 0 Å². The number of rotatable bonds is 4. The second-order valence-corrected chi connectivity index (χ2v) is 6.65. The van der Waals surface area contributed by atoms with Crippen LogP contribution in [0.3, 0.4) is 0 Å². The summed E-state index contributed by atoms with van der Waals surface area (Å²) < 4.78 is 3.46. The molecule has 7 nitrogen and oxygen atoms in total. The van der Waals surface area contributed by atoms with E-state index in [1.54, 1.807) is 29.1 Å². The molecule has 8 heteroatoms. The SMILES string of the molecule is C[C@H](NC(=O)c1cc(-c2cccs2)nn1C)c1nnc2ccccn12. The first-order chi connectivity index (χ1) is 12.1. The molecule has 4 heterocycles. The highest BCUT2D eigenvalue weighted by molar-refractivity contribution is 7.13. The largest absolute Gasteiger partial charge is 0.341 e. The van der Waals surface area contributed by atoms with Gasteiger partial charge in [0.05, 0.1) is 10.9 Å². The fourth-order valence-corrected chi connectivity index (χ4v) is 3.40. The number of amides is 1. The van der Waals surface area contributed by atoms with Crippen LogP contribution >= 0.6 is 11.3 Å². The van der Waals surface area contributed by atoms with Crippen molar-refractivity contribution in [2.45, 2.75) is 13.0 Å². The van der Waals surface area contributed by atoms with Gasteiger partial charge < -0.3 is 5.32 Å². The average molecular weight is 352 g/mol. The van der Waals surface area contributed by atoms with Crippen LogP contribution in [-0.2, 0) is 7.05 Å². The first-order valence-electron chi connectivity index (χ1n) is 7.82. The molecule has 4 aromatic heterocycles. The fraction of sp³-hybridized carbons (Fsp3) is 0.176. The lowest BCUT2D eigenvalue weighted by atomic mass is 10.2. The number of hydrogen-bond acceptors (Lipinski definition) is 5. The van der Waals surface area contributed by atoms with Crippen LogP contribution < -0.4 is 5.32 Å². The maximum Gasteiger partial charge on any atom is 0.270 e. The Hall–Kier alpha value is -3.00. The molecule has 0 aliphatic rings. The van der Waals surface area contributed by atoms with E-state index in [2.05, 4.69) is 20.6 Å². The van der Waals surface area contributed by atoms with E-state index in [0.29, 0.717) is 11.5 Å². The summed E-state index contributed by atoms with van der Waals surface area (Å²) in [5.41, 5.74) is 2.05. The molecule has 0 saturated heterocycles. The lowest BCUT2D eigenvalue weighted by Crippen LogP contribution is -2.29. The van der Waals surface area contributed by atoms with Crippen molar-refractivity contribution in [3.63, 3.8) is 0 Å². The molecule has 0 aromatic carbocycles. The Bertz CT molecular complexity index is 1030. The minimum Gasteiger partial charge on any atom is -0.341 e. The van der Waals surface area contributed by atoms with Crippen LogP contribution in [0.25, 0.3) is 16.2 Å². The van der Waals surface area contributed by atoms with Crippen LogP contribution in [0.1, 0.15) is 29.3 Å². The Kier molecular flexibility index (Phi) is 3.81. The zero-order valence-corrected chi connectivity index (χ0v) is 14.6. The summed E-state index contributed by atoms with van der Waals surface area (Å²) in [6.45, 7) is 1.89. The topological polar surface area (TPSA) is 77.1 Å². The van der Waals surface area contributed by atoms with Crippen molar-refractivity contribution < 1.29 is 4.79 Å². The van der Waals surface area contributed by atoms with Crippen molar-refractivity contribution in [1.29, 1.82) is 0 Å². The van der Waals surface area contributed by atoms with E-state index in [-0.39, 0.29) is 11.9 Å². The first kappa shape index (κ1) is 15.5. The minimum absolute atomic E-state index is 0.196. The summed E-state index contributed by atoms with van der Waals surface area (Å²) in [4.78, 5) is 13.7. The fourth-order valence-electron chi connectivity index (χ4n) is 2.71. The highest BCUT2D eigenvalue weighted by Crippen LogP contribution is 2.24. The van der Waals surface area contributed by atoms with E-state index in [1.165, 1.54) is 0 Å². The number of pyridine rings is 1. The molecule has 0 radical (unpaired) electrons. The number of aryl methyl sites for hydroxylation is 1. The van der Waals surface area contributed by atoms with Crippen molar-refractivity contribution in [2.75, 3.05) is 0 Å². The molecule has 0 spiro atoms. The van der Waals surface area contributed by atoms with Gasteiger partial charge in [-0.3, -0.25) is 13.9 Å². The third-order valence-corrected chi connectivity index (χ3v) is 4.85. The highest BCUT2D eigenvalue weighted by atomic mass is 32.1. The zero-order chi connectivity index (χ0) is 17.4. The van der Waals surface area contributed by atoms with Gasteiger partial charge in [-0.05, 0) is 36.6 Å². The Labute approximate surface area is 147 Å². The van der Waals surface area contributed by atoms with E-state index >= 15 is 0 Å². The van der Waals surface area contributed by atoms with Crippen LogP contribution in [0.2, 0.25) is 0 Å². The summed E-state index contributed by atoms with van der Waals surface area (Å²) in [6.07, 6.45) is 1.88. The quantitative estimate of drug-likeness (QED) is 0.613. The van der Waals surface area contributed by atoms with Gasteiger partial charge in [0.25, 0.3) is 5.91 Å². The minimum atomic E-state index is -0.287. The van der Waals surface area contributed by atoms with Crippen molar-refractivity contribution in [1.82, 2.24) is 29.7 Å². The number of aromatic nitrogens is 5. The maximum absolute atomic E-state index is 12.7. The van der Waals surface area contributed by atoms with Gasteiger partial charge in [-0.25, -0.2) is 0 Å². The van der Waals surface area contributed by atoms with E-state index in [1.807, 2.05) is 53.2 Å². The Morgan fingerprint density at radius 1 is 1.24 bits per heavy atom. The number of thiophene rings is 1.